The van der Waals surface area contributed by atoms with E-state index in [-0.39, 0.29) is 12.5 Å². The fourth-order valence-corrected chi connectivity index (χ4v) is 3.31. The normalized spacial score (nSPS) is 14.7. The first-order valence-corrected chi connectivity index (χ1v) is 11.0. The van der Waals surface area contributed by atoms with Gasteiger partial charge in [-0.2, -0.15) is 0 Å². The Morgan fingerprint density at radius 2 is 1.58 bits per heavy atom. The molecule has 0 fully saturated rings. The molecule has 0 bridgehead atoms. The van der Waals surface area contributed by atoms with Gasteiger partial charge in [-0.1, -0.05) is 51.1 Å². The van der Waals surface area contributed by atoms with Gasteiger partial charge in [-0.05, 0) is 62.9 Å². The van der Waals surface area contributed by atoms with Crippen molar-refractivity contribution in [2.45, 2.75) is 79.1 Å². The van der Waals surface area contributed by atoms with Crippen LogP contribution in [0.25, 0.3) is 10.8 Å². The van der Waals surface area contributed by atoms with Gasteiger partial charge in [0.15, 0.2) is 0 Å². The number of ether oxygens (including phenoxy) is 3. The minimum atomic E-state index is -0.585. The number of fused-ring (bicyclic) bond motifs is 1. The van der Waals surface area contributed by atoms with Gasteiger partial charge in [0.25, 0.3) is 0 Å². The molecule has 0 unspecified atom stereocenters. The number of carbonyl (C=O) groups is 2. The number of hydrogen-bond acceptors (Lipinski definition) is 5. The fraction of sp³-hybridized carbons (Fsp3) is 0.538. The minimum Gasteiger partial charge on any atom is -0.487 e. The third kappa shape index (κ3) is 8.23. The van der Waals surface area contributed by atoms with Gasteiger partial charge in [0.2, 0.25) is 0 Å². The average Bonchev–Trinajstić information content (AvgIpc) is 2.65. The molecule has 0 amide bonds. The van der Waals surface area contributed by atoms with Crippen molar-refractivity contribution in [3.05, 3.63) is 42.5 Å². The summed E-state index contributed by atoms with van der Waals surface area (Å²) in [6, 6.07) is 14.1. The predicted octanol–water partition coefficient (Wildman–Crippen LogP) is 5.93. The molecule has 3 atom stereocenters. The van der Waals surface area contributed by atoms with Crippen molar-refractivity contribution in [3.63, 3.8) is 0 Å². The van der Waals surface area contributed by atoms with Crippen LogP contribution in [-0.2, 0) is 19.1 Å². The van der Waals surface area contributed by atoms with Crippen molar-refractivity contribution < 1.29 is 23.8 Å². The van der Waals surface area contributed by atoms with E-state index >= 15 is 0 Å². The molecule has 2 rings (SSSR count). The van der Waals surface area contributed by atoms with Crippen molar-refractivity contribution in [1.82, 2.24) is 0 Å². The molecule has 0 saturated heterocycles. The summed E-state index contributed by atoms with van der Waals surface area (Å²) in [5, 5.41) is 2.24. The molecular formula is C26H36O5. The van der Waals surface area contributed by atoms with E-state index in [1.165, 1.54) is 0 Å². The van der Waals surface area contributed by atoms with Gasteiger partial charge >= 0.3 is 11.9 Å². The molecule has 0 saturated carbocycles. The van der Waals surface area contributed by atoms with Gasteiger partial charge in [0, 0.05) is 0 Å². The highest BCUT2D eigenvalue weighted by Gasteiger charge is 2.28. The van der Waals surface area contributed by atoms with Crippen LogP contribution in [0, 0.1) is 11.8 Å². The first kappa shape index (κ1) is 24.7. The highest BCUT2D eigenvalue weighted by molar-refractivity contribution is 5.83. The molecule has 0 heterocycles. The predicted molar refractivity (Wildman–Crippen MR) is 123 cm³/mol. The van der Waals surface area contributed by atoms with Crippen molar-refractivity contribution in [2.75, 3.05) is 0 Å². The van der Waals surface area contributed by atoms with Gasteiger partial charge in [0.1, 0.15) is 23.6 Å². The number of hydrogen-bond donors (Lipinski definition) is 0. The van der Waals surface area contributed by atoms with Crippen molar-refractivity contribution in [2.24, 2.45) is 11.8 Å². The van der Waals surface area contributed by atoms with Gasteiger partial charge in [-0.3, -0.25) is 9.59 Å². The SMILES string of the molecule is CC(C)C[C@@H](Oc1ccc2ccccc2c1)[C@H](C)OC(=O)[C@H](C)CC(=O)OC(C)(C)C. The smallest absolute Gasteiger partial charge is 0.309 e. The molecule has 170 valence electrons. The molecule has 0 spiro atoms. The summed E-state index contributed by atoms with van der Waals surface area (Å²) in [6.45, 7) is 13.1. The Balaban J connectivity index is 2.03. The standard InChI is InChI=1S/C26H36O5/c1-17(2)14-23(30-22-13-12-20-10-8-9-11-21(20)16-22)19(4)29-25(28)18(3)15-24(27)31-26(5,6)7/h8-13,16-19,23H,14-15H2,1-7H3/t18-,19+,23-/m1/s1. The molecule has 31 heavy (non-hydrogen) atoms. The molecule has 5 nitrogen and oxygen atoms in total. The van der Waals surface area contributed by atoms with E-state index in [0.29, 0.717) is 5.92 Å². The highest BCUT2D eigenvalue weighted by Crippen LogP contribution is 2.25. The molecule has 0 aromatic heterocycles. The summed E-state index contributed by atoms with van der Waals surface area (Å²) in [6.07, 6.45) is -0.0217. The van der Waals surface area contributed by atoms with Crippen LogP contribution in [0.1, 0.15) is 61.3 Å². The number of rotatable bonds is 9. The van der Waals surface area contributed by atoms with Crippen LogP contribution in [0.3, 0.4) is 0 Å². The maximum absolute atomic E-state index is 12.6. The Morgan fingerprint density at radius 3 is 2.19 bits per heavy atom. The second kappa shape index (κ2) is 10.7. The third-order valence-electron chi connectivity index (χ3n) is 4.83. The largest absolute Gasteiger partial charge is 0.487 e. The molecule has 0 N–H and O–H groups in total. The summed E-state index contributed by atoms with van der Waals surface area (Å²) in [5.41, 5.74) is -0.579. The van der Waals surface area contributed by atoms with Gasteiger partial charge < -0.3 is 14.2 Å². The summed E-state index contributed by atoms with van der Waals surface area (Å²) in [4.78, 5) is 24.6. The first-order chi connectivity index (χ1) is 14.4. The Hall–Kier alpha value is -2.56. The summed E-state index contributed by atoms with van der Waals surface area (Å²) in [5.74, 6) is -0.303. The van der Waals surface area contributed by atoms with Crippen LogP contribution in [-0.4, -0.2) is 29.7 Å². The topological polar surface area (TPSA) is 61.8 Å². The zero-order valence-corrected chi connectivity index (χ0v) is 19.8. The van der Waals surface area contributed by atoms with Crippen molar-refractivity contribution in [1.29, 1.82) is 0 Å². The lowest BCUT2D eigenvalue weighted by Crippen LogP contribution is -2.36. The second-order valence-corrected chi connectivity index (χ2v) is 9.63. The van der Waals surface area contributed by atoms with E-state index in [2.05, 4.69) is 19.9 Å². The van der Waals surface area contributed by atoms with Crippen molar-refractivity contribution in [3.8, 4) is 5.75 Å². The highest BCUT2D eigenvalue weighted by atomic mass is 16.6. The molecule has 0 aliphatic carbocycles. The van der Waals surface area contributed by atoms with E-state index in [1.54, 1.807) is 27.7 Å². The van der Waals surface area contributed by atoms with E-state index in [1.807, 2.05) is 43.3 Å². The van der Waals surface area contributed by atoms with Crippen LogP contribution in [0.4, 0.5) is 0 Å². The Labute approximate surface area is 186 Å². The molecule has 0 radical (unpaired) electrons. The molecule has 2 aromatic carbocycles. The lowest BCUT2D eigenvalue weighted by molar-refractivity contribution is -0.165. The van der Waals surface area contributed by atoms with E-state index in [9.17, 15) is 9.59 Å². The quantitative estimate of drug-likeness (QED) is 0.463. The monoisotopic (exact) mass is 428 g/mol. The molecular weight excluding hydrogens is 392 g/mol. The van der Waals surface area contributed by atoms with Crippen LogP contribution < -0.4 is 4.74 Å². The van der Waals surface area contributed by atoms with E-state index < -0.39 is 29.6 Å². The fourth-order valence-electron chi connectivity index (χ4n) is 3.31. The third-order valence-corrected chi connectivity index (χ3v) is 4.83. The first-order valence-electron chi connectivity index (χ1n) is 11.0. The summed E-state index contributed by atoms with van der Waals surface area (Å²) < 4.78 is 17.3. The molecule has 2 aromatic rings. The molecule has 0 aliphatic heterocycles. The lowest BCUT2D eigenvalue weighted by atomic mass is 10.0. The van der Waals surface area contributed by atoms with Crippen LogP contribution >= 0.6 is 0 Å². The van der Waals surface area contributed by atoms with E-state index in [0.717, 1.165) is 22.9 Å². The molecule has 5 heteroatoms. The van der Waals surface area contributed by atoms with Crippen LogP contribution in [0.15, 0.2) is 42.5 Å². The number of carbonyl (C=O) groups excluding carboxylic acids is 2. The lowest BCUT2D eigenvalue weighted by Gasteiger charge is -2.28. The molecule has 0 aliphatic rings. The Morgan fingerprint density at radius 1 is 0.935 bits per heavy atom. The summed E-state index contributed by atoms with van der Waals surface area (Å²) >= 11 is 0. The summed E-state index contributed by atoms with van der Waals surface area (Å²) in [7, 11) is 0. The maximum Gasteiger partial charge on any atom is 0.309 e. The van der Waals surface area contributed by atoms with E-state index in [4.69, 9.17) is 14.2 Å². The number of esters is 2. The average molecular weight is 429 g/mol. The second-order valence-electron chi connectivity index (χ2n) is 9.63. The van der Waals surface area contributed by atoms with Crippen molar-refractivity contribution >= 4 is 22.7 Å². The zero-order valence-electron chi connectivity index (χ0n) is 19.8. The van der Waals surface area contributed by atoms with Gasteiger partial charge in [-0.25, -0.2) is 0 Å². The maximum atomic E-state index is 12.6. The Kier molecular flexibility index (Phi) is 8.49. The number of benzene rings is 2. The van der Waals surface area contributed by atoms with Crippen LogP contribution in [0.5, 0.6) is 5.75 Å². The van der Waals surface area contributed by atoms with Gasteiger partial charge in [0.05, 0.1) is 12.3 Å². The van der Waals surface area contributed by atoms with Gasteiger partial charge in [-0.15, -0.1) is 0 Å². The Bertz CT molecular complexity index is 881. The van der Waals surface area contributed by atoms with Crippen LogP contribution in [0.2, 0.25) is 0 Å². The zero-order chi connectivity index (χ0) is 23.2. The minimum absolute atomic E-state index is 0.0107.